The van der Waals surface area contributed by atoms with Crippen molar-refractivity contribution in [2.75, 3.05) is 0 Å². The van der Waals surface area contributed by atoms with Crippen molar-refractivity contribution in [3.05, 3.63) is 65.3 Å². The van der Waals surface area contributed by atoms with E-state index < -0.39 is 17.7 Å². The Bertz CT molecular complexity index is 849. The van der Waals surface area contributed by atoms with Gasteiger partial charge >= 0.3 is 12.1 Å². The predicted octanol–water partition coefficient (Wildman–Crippen LogP) is 5.56. The molecule has 2 saturated carbocycles. The molecule has 5 heteroatoms. The van der Waals surface area contributed by atoms with Crippen LogP contribution in [0.1, 0.15) is 36.8 Å². The molecule has 0 bridgehead atoms. The molecule has 0 aromatic heterocycles. The molecule has 0 unspecified atom stereocenters. The van der Waals surface area contributed by atoms with E-state index in [4.69, 9.17) is 4.74 Å². The van der Waals surface area contributed by atoms with Gasteiger partial charge in [0.05, 0.1) is 5.56 Å². The van der Waals surface area contributed by atoms with Crippen LogP contribution in [-0.4, -0.2) is 12.1 Å². The number of hydrogen-bond acceptors (Lipinski definition) is 2. The number of ether oxygens (including phenoxy) is 1. The fourth-order valence-corrected chi connectivity index (χ4v) is 4.81. The summed E-state index contributed by atoms with van der Waals surface area (Å²) in [4.78, 5) is 12.6. The second-order valence-electron chi connectivity index (χ2n) is 7.73. The zero-order valence-electron chi connectivity index (χ0n) is 14.9. The number of benzene rings is 1. The molecule has 4 rings (SSSR count). The van der Waals surface area contributed by atoms with Crippen LogP contribution in [0.5, 0.6) is 0 Å². The van der Waals surface area contributed by atoms with Gasteiger partial charge in [-0.1, -0.05) is 36.4 Å². The number of halogens is 3. The van der Waals surface area contributed by atoms with Crippen LogP contribution in [0.4, 0.5) is 13.2 Å². The Morgan fingerprint density at radius 3 is 2.52 bits per heavy atom. The third-order valence-corrected chi connectivity index (χ3v) is 6.15. The van der Waals surface area contributed by atoms with Crippen molar-refractivity contribution in [2.24, 2.45) is 17.8 Å². The van der Waals surface area contributed by atoms with E-state index in [1.807, 2.05) is 0 Å². The summed E-state index contributed by atoms with van der Waals surface area (Å²) in [5.41, 5.74) is 2.36. The summed E-state index contributed by atoms with van der Waals surface area (Å²) in [7, 11) is 0. The van der Waals surface area contributed by atoms with Crippen LogP contribution in [0.15, 0.2) is 54.1 Å². The minimum Gasteiger partial charge on any atom is -0.458 e. The molecule has 1 heterocycles. The van der Waals surface area contributed by atoms with Gasteiger partial charge in [-0.15, -0.1) is 0 Å². The highest BCUT2D eigenvalue weighted by atomic mass is 19.4. The fourth-order valence-electron chi connectivity index (χ4n) is 4.81. The average Bonchev–Trinajstić information content (AvgIpc) is 3.08. The van der Waals surface area contributed by atoms with Gasteiger partial charge in [-0.2, -0.15) is 13.2 Å². The van der Waals surface area contributed by atoms with Crippen molar-refractivity contribution in [3.63, 3.8) is 0 Å². The van der Waals surface area contributed by atoms with E-state index in [1.165, 1.54) is 11.6 Å². The lowest BCUT2D eigenvalue weighted by molar-refractivity contribution is -0.141. The number of fused-ring (bicyclic) bond motifs is 3. The van der Waals surface area contributed by atoms with E-state index in [0.29, 0.717) is 11.1 Å². The second kappa shape index (κ2) is 6.39. The third kappa shape index (κ3) is 3.13. The fraction of sp³-hybridized carbons (Fsp3) is 0.409. The standard InChI is InChI=1S/C22H21F3O2/c1-12-6-9-17-18(11-14-4-3-5-15(10-14)22(23,24)25)21(26)27-20(17)19-13(2)7-8-16(12)19/h3-5,10-11,16-17,19-20H,1-2,6-9H2/b18-11+/t16-,17-,19-,20-/m0/s1. The second-order valence-corrected chi connectivity index (χ2v) is 7.73. The summed E-state index contributed by atoms with van der Waals surface area (Å²) in [5, 5.41) is 0. The number of carbonyl (C=O) groups is 1. The van der Waals surface area contributed by atoms with Gasteiger partial charge in [0.2, 0.25) is 0 Å². The van der Waals surface area contributed by atoms with E-state index in [9.17, 15) is 18.0 Å². The molecule has 1 saturated heterocycles. The molecule has 2 aliphatic carbocycles. The van der Waals surface area contributed by atoms with Crippen molar-refractivity contribution < 1.29 is 22.7 Å². The van der Waals surface area contributed by atoms with Gasteiger partial charge in [0.15, 0.2) is 0 Å². The van der Waals surface area contributed by atoms with Crippen LogP contribution in [0.3, 0.4) is 0 Å². The van der Waals surface area contributed by atoms with Gasteiger partial charge in [0, 0.05) is 17.4 Å². The van der Waals surface area contributed by atoms with Crippen LogP contribution < -0.4 is 0 Å². The molecule has 1 aromatic rings. The summed E-state index contributed by atoms with van der Waals surface area (Å²) < 4.78 is 44.7. The highest BCUT2D eigenvalue weighted by Gasteiger charge is 2.51. The number of carbonyl (C=O) groups excluding carboxylic acids is 1. The molecule has 0 amide bonds. The van der Waals surface area contributed by atoms with E-state index in [0.717, 1.165) is 43.4 Å². The lowest BCUT2D eigenvalue weighted by atomic mass is 9.81. The first-order valence-electron chi connectivity index (χ1n) is 9.21. The van der Waals surface area contributed by atoms with Gasteiger partial charge < -0.3 is 4.74 Å². The van der Waals surface area contributed by atoms with Crippen LogP contribution in [0.2, 0.25) is 0 Å². The van der Waals surface area contributed by atoms with Gasteiger partial charge in [0.25, 0.3) is 0 Å². The first-order valence-corrected chi connectivity index (χ1v) is 9.21. The van der Waals surface area contributed by atoms with Crippen molar-refractivity contribution in [2.45, 2.75) is 38.0 Å². The summed E-state index contributed by atoms with van der Waals surface area (Å²) >= 11 is 0. The van der Waals surface area contributed by atoms with E-state index in [1.54, 1.807) is 12.1 Å². The van der Waals surface area contributed by atoms with Crippen molar-refractivity contribution in [3.8, 4) is 0 Å². The maximum Gasteiger partial charge on any atom is 0.416 e. The molecule has 1 aliphatic heterocycles. The summed E-state index contributed by atoms with van der Waals surface area (Å²) in [6.45, 7) is 8.39. The van der Waals surface area contributed by atoms with Crippen LogP contribution in [0, 0.1) is 17.8 Å². The van der Waals surface area contributed by atoms with E-state index in [-0.39, 0.29) is 23.9 Å². The number of allylic oxidation sites excluding steroid dienone is 1. The van der Waals surface area contributed by atoms with E-state index in [2.05, 4.69) is 13.2 Å². The third-order valence-electron chi connectivity index (χ3n) is 6.15. The molecule has 27 heavy (non-hydrogen) atoms. The van der Waals surface area contributed by atoms with Crippen molar-refractivity contribution in [1.29, 1.82) is 0 Å². The number of hydrogen-bond donors (Lipinski definition) is 0. The van der Waals surface area contributed by atoms with Crippen LogP contribution in [0.25, 0.3) is 6.08 Å². The Morgan fingerprint density at radius 2 is 1.78 bits per heavy atom. The van der Waals surface area contributed by atoms with Crippen molar-refractivity contribution >= 4 is 12.0 Å². The zero-order valence-corrected chi connectivity index (χ0v) is 14.9. The smallest absolute Gasteiger partial charge is 0.416 e. The lowest BCUT2D eigenvalue weighted by Crippen LogP contribution is -2.28. The molecule has 0 spiro atoms. The Morgan fingerprint density at radius 1 is 1.07 bits per heavy atom. The molecule has 1 aromatic carbocycles. The molecular weight excluding hydrogens is 353 g/mol. The molecule has 142 valence electrons. The number of rotatable bonds is 1. The topological polar surface area (TPSA) is 26.3 Å². The monoisotopic (exact) mass is 374 g/mol. The quantitative estimate of drug-likeness (QED) is 0.365. The zero-order chi connectivity index (χ0) is 19.3. The first-order chi connectivity index (χ1) is 12.8. The Hall–Kier alpha value is -2.30. The highest BCUT2D eigenvalue weighted by Crippen LogP contribution is 2.52. The normalized spacial score (nSPS) is 32.3. The SMILES string of the molecule is C=C1CC[C@H]2C(=C)CC[C@H]3/C(=C\c4cccc(C(F)(F)F)c4)C(=O)O[C@@H]3[C@@H]12. The van der Waals surface area contributed by atoms with Gasteiger partial charge in [-0.05, 0) is 55.4 Å². The maximum absolute atomic E-state index is 13.0. The molecule has 0 N–H and O–H groups in total. The van der Waals surface area contributed by atoms with Crippen LogP contribution >= 0.6 is 0 Å². The van der Waals surface area contributed by atoms with Crippen LogP contribution in [-0.2, 0) is 15.7 Å². The largest absolute Gasteiger partial charge is 0.458 e. The molecule has 3 aliphatic rings. The minimum absolute atomic E-state index is 0.0707. The predicted molar refractivity (Wildman–Crippen MR) is 96.5 cm³/mol. The summed E-state index contributed by atoms with van der Waals surface area (Å²) in [5.74, 6) is -0.198. The highest BCUT2D eigenvalue weighted by molar-refractivity contribution is 5.96. The number of esters is 1. The number of alkyl halides is 3. The lowest BCUT2D eigenvalue weighted by Gasteiger charge is -2.26. The van der Waals surface area contributed by atoms with Gasteiger partial charge in [-0.3, -0.25) is 0 Å². The Kier molecular flexibility index (Phi) is 4.28. The molecule has 0 radical (unpaired) electrons. The molecule has 3 fully saturated rings. The molecular formula is C22H21F3O2. The average molecular weight is 374 g/mol. The van der Waals surface area contributed by atoms with Gasteiger partial charge in [0.1, 0.15) is 6.10 Å². The summed E-state index contributed by atoms with van der Waals surface area (Å²) in [6, 6.07) is 5.04. The minimum atomic E-state index is -4.41. The van der Waals surface area contributed by atoms with Crippen molar-refractivity contribution in [1.82, 2.24) is 0 Å². The Labute approximate surface area is 156 Å². The molecule has 4 atom stereocenters. The van der Waals surface area contributed by atoms with E-state index >= 15 is 0 Å². The Balaban J connectivity index is 1.70. The first kappa shape index (κ1) is 18.1. The maximum atomic E-state index is 13.0. The van der Waals surface area contributed by atoms with Gasteiger partial charge in [-0.25, -0.2) is 4.79 Å². The molecule has 2 nitrogen and oxygen atoms in total. The summed E-state index contributed by atoms with van der Waals surface area (Å²) in [6.07, 6.45) is 0.267.